The molecule has 1 N–H and O–H groups in total. The van der Waals surface area contributed by atoms with Gasteiger partial charge in [0, 0.05) is 13.0 Å². The Morgan fingerprint density at radius 3 is 2.60 bits per heavy atom. The van der Waals surface area contributed by atoms with Crippen LogP contribution in [0.4, 0.5) is 0 Å². The van der Waals surface area contributed by atoms with Crippen LogP contribution in [0.15, 0.2) is 42.5 Å². The van der Waals surface area contributed by atoms with Crippen molar-refractivity contribution in [3.05, 3.63) is 59.2 Å². The van der Waals surface area contributed by atoms with Gasteiger partial charge >= 0.3 is 0 Å². The zero-order valence-corrected chi connectivity index (χ0v) is 15.3. The maximum Gasteiger partial charge on any atom is 0.220 e. The first-order chi connectivity index (χ1) is 12.1. The summed E-state index contributed by atoms with van der Waals surface area (Å²) in [6.45, 7) is 5.24. The second-order valence-electron chi connectivity index (χ2n) is 5.96. The van der Waals surface area contributed by atoms with Gasteiger partial charge in [0.1, 0.15) is 11.5 Å². The summed E-state index contributed by atoms with van der Waals surface area (Å²) in [5.74, 6) is 1.78. The van der Waals surface area contributed by atoms with E-state index in [9.17, 15) is 4.79 Å². The summed E-state index contributed by atoms with van der Waals surface area (Å²) < 4.78 is 11.0. The topological polar surface area (TPSA) is 47.6 Å². The minimum absolute atomic E-state index is 0.0536. The lowest BCUT2D eigenvalue weighted by atomic mass is 10.1. The van der Waals surface area contributed by atoms with Crippen LogP contribution in [0.3, 0.4) is 0 Å². The van der Waals surface area contributed by atoms with Gasteiger partial charge in [-0.1, -0.05) is 35.9 Å². The molecule has 0 aromatic heterocycles. The molecule has 1 amide bonds. The fraction of sp³-hybridized carbons (Fsp3) is 0.381. The predicted molar refractivity (Wildman–Crippen MR) is 100 cm³/mol. The lowest BCUT2D eigenvalue weighted by molar-refractivity contribution is -0.121. The second kappa shape index (κ2) is 9.72. The summed E-state index contributed by atoms with van der Waals surface area (Å²) in [6.07, 6.45) is 1.89. The summed E-state index contributed by atoms with van der Waals surface area (Å²) in [5, 5.41) is 2.99. The summed E-state index contributed by atoms with van der Waals surface area (Å²) in [5.41, 5.74) is 3.37. The molecule has 0 aliphatic heterocycles. The molecule has 0 saturated heterocycles. The SMILES string of the molecule is CCOc1ccccc1CCC(=O)NCCc1cc(C)ccc1OC. The highest BCUT2D eigenvalue weighted by Gasteiger charge is 2.08. The van der Waals surface area contributed by atoms with Gasteiger partial charge in [0.05, 0.1) is 13.7 Å². The van der Waals surface area contributed by atoms with Crippen molar-refractivity contribution in [1.82, 2.24) is 5.32 Å². The Labute approximate surface area is 150 Å². The van der Waals surface area contributed by atoms with E-state index in [1.54, 1.807) is 7.11 Å². The number of benzene rings is 2. The Morgan fingerprint density at radius 2 is 1.84 bits per heavy atom. The number of rotatable bonds is 9. The number of hydrogen-bond acceptors (Lipinski definition) is 3. The Hall–Kier alpha value is -2.49. The summed E-state index contributed by atoms with van der Waals surface area (Å²) >= 11 is 0. The van der Waals surface area contributed by atoms with Gasteiger partial charge in [0.25, 0.3) is 0 Å². The molecule has 2 aromatic carbocycles. The van der Waals surface area contributed by atoms with Crippen molar-refractivity contribution < 1.29 is 14.3 Å². The zero-order chi connectivity index (χ0) is 18.1. The van der Waals surface area contributed by atoms with Gasteiger partial charge in [-0.05, 0) is 49.9 Å². The molecule has 2 aromatic rings. The molecule has 0 fully saturated rings. The van der Waals surface area contributed by atoms with Crippen molar-refractivity contribution in [2.24, 2.45) is 0 Å². The van der Waals surface area contributed by atoms with Crippen molar-refractivity contribution in [3.8, 4) is 11.5 Å². The highest BCUT2D eigenvalue weighted by molar-refractivity contribution is 5.76. The van der Waals surface area contributed by atoms with Crippen LogP contribution < -0.4 is 14.8 Å². The third kappa shape index (κ3) is 5.82. The number of amides is 1. The van der Waals surface area contributed by atoms with E-state index in [0.29, 0.717) is 26.0 Å². The smallest absolute Gasteiger partial charge is 0.220 e. The van der Waals surface area contributed by atoms with E-state index in [2.05, 4.69) is 18.3 Å². The van der Waals surface area contributed by atoms with Gasteiger partial charge in [0.2, 0.25) is 5.91 Å². The fourth-order valence-electron chi connectivity index (χ4n) is 2.78. The number of methoxy groups -OCH3 is 1. The number of aryl methyl sites for hydroxylation is 2. The number of nitrogens with one attached hydrogen (secondary N) is 1. The third-order valence-corrected chi connectivity index (χ3v) is 4.05. The molecular formula is C21H27NO3. The van der Waals surface area contributed by atoms with Gasteiger partial charge in [0.15, 0.2) is 0 Å². The number of hydrogen-bond donors (Lipinski definition) is 1. The van der Waals surface area contributed by atoms with Crippen LogP contribution in [0.5, 0.6) is 11.5 Å². The van der Waals surface area contributed by atoms with Crippen LogP contribution in [0.1, 0.15) is 30.0 Å². The van der Waals surface area contributed by atoms with Crippen LogP contribution in [-0.4, -0.2) is 26.2 Å². The normalized spacial score (nSPS) is 10.4. The molecule has 0 bridgehead atoms. The van der Waals surface area contributed by atoms with E-state index in [1.807, 2.05) is 43.3 Å². The first-order valence-corrected chi connectivity index (χ1v) is 8.75. The van der Waals surface area contributed by atoms with Crippen LogP contribution in [-0.2, 0) is 17.6 Å². The minimum atomic E-state index is 0.0536. The lowest BCUT2D eigenvalue weighted by Crippen LogP contribution is -2.26. The van der Waals surface area contributed by atoms with E-state index in [4.69, 9.17) is 9.47 Å². The number of ether oxygens (including phenoxy) is 2. The first kappa shape index (κ1) is 18.8. The van der Waals surface area contributed by atoms with E-state index >= 15 is 0 Å². The van der Waals surface area contributed by atoms with Crippen LogP contribution in [0, 0.1) is 6.92 Å². The molecule has 0 aliphatic carbocycles. The fourth-order valence-corrected chi connectivity index (χ4v) is 2.78. The number of carbonyl (C=O) groups is 1. The molecule has 0 saturated carbocycles. The molecule has 4 nitrogen and oxygen atoms in total. The lowest BCUT2D eigenvalue weighted by Gasteiger charge is -2.11. The maximum absolute atomic E-state index is 12.1. The van der Waals surface area contributed by atoms with E-state index < -0.39 is 0 Å². The van der Waals surface area contributed by atoms with Gasteiger partial charge in [-0.15, -0.1) is 0 Å². The monoisotopic (exact) mass is 341 g/mol. The molecule has 0 spiro atoms. The van der Waals surface area contributed by atoms with E-state index in [-0.39, 0.29) is 5.91 Å². The van der Waals surface area contributed by atoms with Crippen molar-refractivity contribution in [2.75, 3.05) is 20.3 Å². The molecule has 0 radical (unpaired) electrons. The molecule has 4 heteroatoms. The maximum atomic E-state index is 12.1. The van der Waals surface area contributed by atoms with Crippen molar-refractivity contribution in [3.63, 3.8) is 0 Å². The van der Waals surface area contributed by atoms with Crippen molar-refractivity contribution >= 4 is 5.91 Å². The molecule has 25 heavy (non-hydrogen) atoms. The highest BCUT2D eigenvalue weighted by atomic mass is 16.5. The van der Waals surface area contributed by atoms with Gasteiger partial charge < -0.3 is 14.8 Å². The van der Waals surface area contributed by atoms with Crippen molar-refractivity contribution in [2.45, 2.75) is 33.1 Å². The summed E-state index contributed by atoms with van der Waals surface area (Å²) in [7, 11) is 1.67. The first-order valence-electron chi connectivity index (χ1n) is 8.75. The number of carbonyl (C=O) groups excluding carboxylic acids is 1. The average Bonchev–Trinajstić information content (AvgIpc) is 2.61. The molecule has 0 atom stereocenters. The van der Waals surface area contributed by atoms with E-state index in [0.717, 1.165) is 29.0 Å². The molecule has 0 heterocycles. The Balaban J connectivity index is 1.81. The van der Waals surface area contributed by atoms with Crippen LogP contribution >= 0.6 is 0 Å². The predicted octanol–water partition coefficient (Wildman–Crippen LogP) is 3.69. The average molecular weight is 341 g/mol. The van der Waals surface area contributed by atoms with Crippen LogP contribution in [0.2, 0.25) is 0 Å². The molecule has 134 valence electrons. The van der Waals surface area contributed by atoms with Gasteiger partial charge in [-0.2, -0.15) is 0 Å². The molecule has 0 unspecified atom stereocenters. The highest BCUT2D eigenvalue weighted by Crippen LogP contribution is 2.20. The summed E-state index contributed by atoms with van der Waals surface area (Å²) in [4.78, 5) is 12.1. The van der Waals surface area contributed by atoms with Gasteiger partial charge in [-0.3, -0.25) is 4.79 Å². The van der Waals surface area contributed by atoms with Crippen LogP contribution in [0.25, 0.3) is 0 Å². The second-order valence-corrected chi connectivity index (χ2v) is 5.96. The third-order valence-electron chi connectivity index (χ3n) is 4.05. The molecular weight excluding hydrogens is 314 g/mol. The minimum Gasteiger partial charge on any atom is -0.496 e. The molecule has 0 aliphatic rings. The summed E-state index contributed by atoms with van der Waals surface area (Å²) in [6, 6.07) is 14.0. The van der Waals surface area contributed by atoms with Crippen molar-refractivity contribution in [1.29, 1.82) is 0 Å². The zero-order valence-electron chi connectivity index (χ0n) is 15.3. The Kier molecular flexibility index (Phi) is 7.33. The quantitative estimate of drug-likeness (QED) is 0.757. The number of para-hydroxylation sites is 1. The Morgan fingerprint density at radius 1 is 1.04 bits per heavy atom. The standard InChI is InChI=1S/C21H27NO3/c1-4-25-20-8-6-5-7-17(20)10-12-21(23)22-14-13-18-15-16(2)9-11-19(18)24-3/h5-9,11,15H,4,10,12-14H2,1-3H3,(H,22,23). The Bertz CT molecular complexity index is 697. The largest absolute Gasteiger partial charge is 0.496 e. The molecule has 2 rings (SSSR count). The van der Waals surface area contributed by atoms with Gasteiger partial charge in [-0.25, -0.2) is 0 Å². The van der Waals surface area contributed by atoms with E-state index in [1.165, 1.54) is 5.56 Å².